The van der Waals surface area contributed by atoms with Crippen LogP contribution >= 0.6 is 0 Å². The predicted molar refractivity (Wildman–Crippen MR) is 127 cm³/mol. The van der Waals surface area contributed by atoms with Crippen LogP contribution in [-0.4, -0.2) is 17.9 Å². The zero-order valence-electron chi connectivity index (χ0n) is 19.7. The second kappa shape index (κ2) is 13.1. The molecule has 0 bridgehead atoms. The number of rotatable bonds is 13. The summed E-state index contributed by atoms with van der Waals surface area (Å²) in [5, 5.41) is 0. The normalized spacial score (nSPS) is 12.0. The zero-order chi connectivity index (χ0) is 22.6. The molecule has 0 saturated heterocycles. The number of benzene rings is 2. The molecule has 0 aromatic heterocycles. The van der Waals surface area contributed by atoms with Crippen LogP contribution in [0.15, 0.2) is 48.5 Å². The molecule has 0 fully saturated rings. The highest BCUT2D eigenvalue weighted by Crippen LogP contribution is 2.20. The SMILES string of the molecule is CCc1cccc(CCc2ccccc2CCC(CC(C)C)OC(=O)CCC(C)=O)c1. The quantitative estimate of drug-likeness (QED) is 0.356. The van der Waals surface area contributed by atoms with Gasteiger partial charge < -0.3 is 9.53 Å². The third kappa shape index (κ3) is 9.50. The van der Waals surface area contributed by atoms with E-state index in [-0.39, 0.29) is 30.7 Å². The molecule has 0 saturated carbocycles. The monoisotopic (exact) mass is 422 g/mol. The Kier molecular flexibility index (Phi) is 10.5. The summed E-state index contributed by atoms with van der Waals surface area (Å²) in [6.45, 7) is 7.99. The molecular formula is C28H38O3. The maximum absolute atomic E-state index is 12.2. The van der Waals surface area contributed by atoms with Crippen LogP contribution in [0.25, 0.3) is 0 Å². The number of Topliss-reactive ketones (excluding diaryl/α,β-unsaturated/α-hetero) is 1. The van der Waals surface area contributed by atoms with E-state index in [4.69, 9.17) is 4.74 Å². The van der Waals surface area contributed by atoms with E-state index in [0.29, 0.717) is 5.92 Å². The molecule has 0 aliphatic rings. The molecule has 0 amide bonds. The number of ketones is 1. The van der Waals surface area contributed by atoms with Crippen LogP contribution in [0.4, 0.5) is 0 Å². The van der Waals surface area contributed by atoms with Crippen molar-refractivity contribution in [1.82, 2.24) is 0 Å². The second-order valence-electron chi connectivity index (χ2n) is 8.92. The number of carbonyl (C=O) groups is 2. The fraction of sp³-hybridized carbons (Fsp3) is 0.500. The van der Waals surface area contributed by atoms with E-state index >= 15 is 0 Å². The van der Waals surface area contributed by atoms with Crippen LogP contribution in [0, 0.1) is 5.92 Å². The van der Waals surface area contributed by atoms with Crippen molar-refractivity contribution in [3.8, 4) is 0 Å². The molecule has 1 unspecified atom stereocenters. The largest absolute Gasteiger partial charge is 0.462 e. The zero-order valence-corrected chi connectivity index (χ0v) is 19.7. The first-order valence-electron chi connectivity index (χ1n) is 11.7. The van der Waals surface area contributed by atoms with E-state index < -0.39 is 0 Å². The van der Waals surface area contributed by atoms with Gasteiger partial charge in [-0.1, -0.05) is 69.3 Å². The van der Waals surface area contributed by atoms with Gasteiger partial charge in [0.25, 0.3) is 0 Å². The Morgan fingerprint density at radius 1 is 0.871 bits per heavy atom. The average Bonchev–Trinajstić information content (AvgIpc) is 2.75. The van der Waals surface area contributed by atoms with Gasteiger partial charge in [0.05, 0.1) is 6.42 Å². The molecule has 3 heteroatoms. The smallest absolute Gasteiger partial charge is 0.306 e. The Hall–Kier alpha value is -2.42. The molecule has 168 valence electrons. The lowest BCUT2D eigenvalue weighted by molar-refractivity contribution is -0.151. The van der Waals surface area contributed by atoms with Crippen molar-refractivity contribution in [1.29, 1.82) is 0 Å². The second-order valence-corrected chi connectivity index (χ2v) is 8.92. The molecule has 0 spiro atoms. The highest BCUT2D eigenvalue weighted by atomic mass is 16.5. The lowest BCUT2D eigenvalue weighted by Crippen LogP contribution is -2.21. The minimum absolute atomic E-state index is 0.0239. The molecule has 2 rings (SSSR count). The average molecular weight is 423 g/mol. The molecule has 0 N–H and O–H groups in total. The van der Waals surface area contributed by atoms with Crippen LogP contribution < -0.4 is 0 Å². The van der Waals surface area contributed by atoms with E-state index in [1.54, 1.807) is 0 Å². The van der Waals surface area contributed by atoms with Crippen molar-refractivity contribution >= 4 is 11.8 Å². The fourth-order valence-corrected chi connectivity index (χ4v) is 3.92. The molecule has 2 aromatic rings. The number of ether oxygens (including phenoxy) is 1. The van der Waals surface area contributed by atoms with E-state index in [9.17, 15) is 9.59 Å². The maximum atomic E-state index is 12.2. The number of hydrogen-bond acceptors (Lipinski definition) is 3. The van der Waals surface area contributed by atoms with Gasteiger partial charge in [-0.2, -0.15) is 0 Å². The van der Waals surface area contributed by atoms with Crippen molar-refractivity contribution < 1.29 is 14.3 Å². The van der Waals surface area contributed by atoms with Gasteiger partial charge in [0.15, 0.2) is 0 Å². The summed E-state index contributed by atoms with van der Waals surface area (Å²) in [5.41, 5.74) is 5.47. The Morgan fingerprint density at radius 2 is 1.55 bits per heavy atom. The van der Waals surface area contributed by atoms with Crippen molar-refractivity contribution in [3.05, 3.63) is 70.8 Å². The van der Waals surface area contributed by atoms with Crippen LogP contribution in [0.2, 0.25) is 0 Å². The first kappa shape index (κ1) is 24.8. The topological polar surface area (TPSA) is 43.4 Å². The highest BCUT2D eigenvalue weighted by molar-refractivity contribution is 5.81. The maximum Gasteiger partial charge on any atom is 0.306 e. The molecular weight excluding hydrogens is 384 g/mol. The van der Waals surface area contributed by atoms with Gasteiger partial charge >= 0.3 is 5.97 Å². The molecule has 31 heavy (non-hydrogen) atoms. The Labute approximate surface area is 188 Å². The molecule has 0 heterocycles. The summed E-state index contributed by atoms with van der Waals surface area (Å²) in [6.07, 6.45) is 5.98. The van der Waals surface area contributed by atoms with Gasteiger partial charge in [-0.3, -0.25) is 4.79 Å². The van der Waals surface area contributed by atoms with E-state index in [1.807, 2.05) is 0 Å². The minimum atomic E-state index is -0.259. The summed E-state index contributed by atoms with van der Waals surface area (Å²) in [4.78, 5) is 23.3. The van der Waals surface area contributed by atoms with Gasteiger partial charge in [-0.05, 0) is 73.6 Å². The van der Waals surface area contributed by atoms with Gasteiger partial charge in [0.2, 0.25) is 0 Å². The number of esters is 1. The molecule has 2 aromatic carbocycles. The number of aryl methyl sites for hydroxylation is 4. The lowest BCUT2D eigenvalue weighted by atomic mass is 9.94. The van der Waals surface area contributed by atoms with E-state index in [0.717, 1.165) is 38.5 Å². The van der Waals surface area contributed by atoms with Crippen LogP contribution in [-0.2, 0) is 40.0 Å². The number of carbonyl (C=O) groups excluding carboxylic acids is 2. The first-order valence-corrected chi connectivity index (χ1v) is 11.7. The van der Waals surface area contributed by atoms with Gasteiger partial charge in [0, 0.05) is 6.42 Å². The van der Waals surface area contributed by atoms with Crippen molar-refractivity contribution in [2.75, 3.05) is 0 Å². The summed E-state index contributed by atoms with van der Waals surface area (Å²) in [6, 6.07) is 17.5. The van der Waals surface area contributed by atoms with Gasteiger partial charge in [0.1, 0.15) is 11.9 Å². The van der Waals surface area contributed by atoms with Crippen molar-refractivity contribution in [2.24, 2.45) is 5.92 Å². The third-order valence-corrected chi connectivity index (χ3v) is 5.65. The van der Waals surface area contributed by atoms with Gasteiger partial charge in [-0.25, -0.2) is 0 Å². The predicted octanol–water partition coefficient (Wildman–Crippen LogP) is 6.29. The first-order chi connectivity index (χ1) is 14.9. The summed E-state index contributed by atoms with van der Waals surface area (Å²) in [7, 11) is 0. The van der Waals surface area contributed by atoms with Crippen molar-refractivity contribution in [3.63, 3.8) is 0 Å². The van der Waals surface area contributed by atoms with Gasteiger partial charge in [-0.15, -0.1) is 0 Å². The molecule has 1 atom stereocenters. The standard InChI is InChI=1S/C28H38O3/c1-5-23-9-8-10-24(20-23)14-15-25-11-6-7-12-26(25)16-17-27(19-21(2)3)31-28(30)18-13-22(4)29/h6-12,20-21,27H,5,13-19H2,1-4H3. The molecule has 0 radical (unpaired) electrons. The van der Waals surface area contributed by atoms with Crippen LogP contribution in [0.5, 0.6) is 0 Å². The summed E-state index contributed by atoms with van der Waals surface area (Å²) >= 11 is 0. The summed E-state index contributed by atoms with van der Waals surface area (Å²) < 4.78 is 5.74. The third-order valence-electron chi connectivity index (χ3n) is 5.65. The Balaban J connectivity index is 1.98. The summed E-state index contributed by atoms with van der Waals surface area (Å²) in [5.74, 6) is 0.215. The molecule has 3 nitrogen and oxygen atoms in total. The van der Waals surface area contributed by atoms with E-state index in [1.165, 1.54) is 29.2 Å². The van der Waals surface area contributed by atoms with Crippen molar-refractivity contribution in [2.45, 2.75) is 85.2 Å². The fourth-order valence-electron chi connectivity index (χ4n) is 3.92. The van der Waals surface area contributed by atoms with Crippen LogP contribution in [0.1, 0.15) is 75.6 Å². The Bertz CT molecular complexity index is 838. The molecule has 0 aliphatic carbocycles. The minimum Gasteiger partial charge on any atom is -0.462 e. The molecule has 0 aliphatic heterocycles. The Morgan fingerprint density at radius 3 is 2.19 bits per heavy atom. The lowest BCUT2D eigenvalue weighted by Gasteiger charge is -2.20. The van der Waals surface area contributed by atoms with Crippen LogP contribution in [0.3, 0.4) is 0 Å². The van der Waals surface area contributed by atoms with E-state index in [2.05, 4.69) is 69.3 Å². The number of hydrogen-bond donors (Lipinski definition) is 0. The highest BCUT2D eigenvalue weighted by Gasteiger charge is 2.17.